The van der Waals surface area contributed by atoms with Crippen molar-refractivity contribution in [1.82, 2.24) is 4.72 Å². The number of anilines is 1. The van der Waals surface area contributed by atoms with Gasteiger partial charge in [-0.05, 0) is 40.8 Å². The molecule has 0 bridgehead atoms. The van der Waals surface area contributed by atoms with E-state index in [1.807, 2.05) is 0 Å². The molecule has 1 unspecified atom stereocenters. The molecule has 2 heterocycles. The molecule has 2 N–H and O–H groups in total. The highest BCUT2D eigenvalue weighted by molar-refractivity contribution is 7.93. The molecule has 1 amide bonds. The van der Waals surface area contributed by atoms with E-state index in [0.29, 0.717) is 16.8 Å². The molecular weight excluding hydrogens is 444 g/mol. The normalized spacial score (nSPS) is 14.9. The first kappa shape index (κ1) is 20.7. The van der Waals surface area contributed by atoms with Gasteiger partial charge < -0.3 is 5.32 Å². The van der Waals surface area contributed by atoms with Crippen LogP contribution in [0.1, 0.15) is 16.4 Å². The van der Waals surface area contributed by atoms with Gasteiger partial charge >= 0.3 is 0 Å². The van der Waals surface area contributed by atoms with Gasteiger partial charge in [0.2, 0.25) is 15.9 Å². The smallest absolute Gasteiger partial charge is 0.240 e. The van der Waals surface area contributed by atoms with Gasteiger partial charge in [-0.15, -0.1) is 11.3 Å². The molecule has 0 saturated carbocycles. The molecule has 30 heavy (non-hydrogen) atoms. The van der Waals surface area contributed by atoms with E-state index >= 15 is 0 Å². The van der Waals surface area contributed by atoms with E-state index in [1.165, 1.54) is 24.3 Å². The molecule has 1 atom stereocenters. The van der Waals surface area contributed by atoms with Gasteiger partial charge in [0.05, 0.1) is 11.3 Å². The van der Waals surface area contributed by atoms with Crippen molar-refractivity contribution in [1.29, 1.82) is 0 Å². The third-order valence-corrected chi connectivity index (χ3v) is 9.75. The summed E-state index contributed by atoms with van der Waals surface area (Å²) < 4.78 is 54.7. The summed E-state index contributed by atoms with van der Waals surface area (Å²) in [5.41, 5.74) is 1.67. The predicted molar refractivity (Wildman–Crippen MR) is 115 cm³/mol. The van der Waals surface area contributed by atoms with Crippen molar-refractivity contribution in [2.45, 2.75) is 20.8 Å². The lowest BCUT2D eigenvalue weighted by molar-refractivity contribution is -0.115. The van der Waals surface area contributed by atoms with Crippen LogP contribution >= 0.6 is 11.3 Å². The SMILES string of the molecule is O=C1Cc2cc(S(=O)(=O)NCC(c3ccccc3)S(=O)(=O)c3cccs3)ccc2N1. The van der Waals surface area contributed by atoms with Gasteiger partial charge in [0, 0.05) is 12.2 Å². The molecular formula is C20H18N2O5S3. The zero-order valence-corrected chi connectivity index (χ0v) is 18.1. The van der Waals surface area contributed by atoms with Crippen LogP contribution in [-0.2, 0) is 31.1 Å². The van der Waals surface area contributed by atoms with Crippen LogP contribution in [0, 0.1) is 0 Å². The minimum absolute atomic E-state index is 0.0157. The molecule has 2 aromatic carbocycles. The molecule has 4 rings (SSSR count). The van der Waals surface area contributed by atoms with Crippen molar-refractivity contribution in [2.75, 3.05) is 11.9 Å². The lowest BCUT2D eigenvalue weighted by Gasteiger charge is -2.18. The van der Waals surface area contributed by atoms with E-state index in [9.17, 15) is 21.6 Å². The number of thiophene rings is 1. The summed E-state index contributed by atoms with van der Waals surface area (Å²) in [4.78, 5) is 11.5. The third kappa shape index (κ3) is 4.04. The number of rotatable bonds is 7. The van der Waals surface area contributed by atoms with Crippen molar-refractivity contribution in [3.05, 3.63) is 77.2 Å². The monoisotopic (exact) mass is 462 g/mol. The first-order valence-corrected chi connectivity index (χ1v) is 12.9. The second-order valence-corrected chi connectivity index (χ2v) is 11.8. The maximum atomic E-state index is 13.2. The lowest BCUT2D eigenvalue weighted by atomic mass is 10.1. The highest BCUT2D eigenvalue weighted by atomic mass is 32.2. The summed E-state index contributed by atoms with van der Waals surface area (Å²) in [6.07, 6.45) is 0.109. The summed E-state index contributed by atoms with van der Waals surface area (Å²) in [6, 6.07) is 16.0. The number of amides is 1. The van der Waals surface area contributed by atoms with Crippen molar-refractivity contribution >= 4 is 42.8 Å². The van der Waals surface area contributed by atoms with Gasteiger partial charge in [0.25, 0.3) is 0 Å². The molecule has 0 saturated heterocycles. The molecule has 0 aliphatic carbocycles. The van der Waals surface area contributed by atoms with E-state index in [2.05, 4.69) is 10.0 Å². The van der Waals surface area contributed by atoms with Crippen LogP contribution in [0.15, 0.2) is 75.1 Å². The number of sulfonamides is 1. The summed E-state index contributed by atoms with van der Waals surface area (Å²) in [5.74, 6) is -0.196. The van der Waals surface area contributed by atoms with E-state index in [4.69, 9.17) is 0 Å². The fourth-order valence-corrected chi connectivity index (χ4v) is 7.35. The molecule has 0 fully saturated rings. The largest absolute Gasteiger partial charge is 0.326 e. The van der Waals surface area contributed by atoms with Crippen LogP contribution in [-0.4, -0.2) is 29.3 Å². The minimum atomic E-state index is -3.98. The Hall–Kier alpha value is -2.53. The zero-order valence-electron chi connectivity index (χ0n) is 15.6. The number of fused-ring (bicyclic) bond motifs is 1. The second-order valence-electron chi connectivity index (χ2n) is 6.77. The maximum absolute atomic E-state index is 13.2. The Balaban J connectivity index is 1.63. The number of carbonyl (C=O) groups excluding carboxylic acids is 1. The Labute approximate surface area is 178 Å². The van der Waals surface area contributed by atoms with Crippen molar-refractivity contribution in [2.24, 2.45) is 0 Å². The number of benzene rings is 2. The molecule has 10 heteroatoms. The van der Waals surface area contributed by atoms with Crippen molar-refractivity contribution < 1.29 is 21.6 Å². The number of hydrogen-bond donors (Lipinski definition) is 2. The van der Waals surface area contributed by atoms with Crippen LogP contribution in [0.2, 0.25) is 0 Å². The van der Waals surface area contributed by atoms with Gasteiger partial charge in [0.1, 0.15) is 9.46 Å². The standard InChI is InChI=1S/C20H18N2O5S3/c23-19-12-15-11-16(8-9-17(15)22-19)30(26,27)21-13-18(14-5-2-1-3-6-14)29(24,25)20-7-4-10-28-20/h1-11,18,21H,12-13H2,(H,22,23). The van der Waals surface area contributed by atoms with E-state index in [1.54, 1.807) is 41.8 Å². The van der Waals surface area contributed by atoms with Crippen LogP contribution < -0.4 is 10.0 Å². The van der Waals surface area contributed by atoms with Crippen LogP contribution in [0.3, 0.4) is 0 Å². The van der Waals surface area contributed by atoms with E-state index in [0.717, 1.165) is 11.3 Å². The number of sulfone groups is 1. The molecule has 1 aromatic heterocycles. The molecule has 1 aliphatic heterocycles. The van der Waals surface area contributed by atoms with E-state index < -0.39 is 25.1 Å². The maximum Gasteiger partial charge on any atom is 0.240 e. The van der Waals surface area contributed by atoms with Crippen molar-refractivity contribution in [3.8, 4) is 0 Å². The summed E-state index contributed by atoms with van der Waals surface area (Å²) in [5, 5.41) is 3.24. The van der Waals surface area contributed by atoms with Gasteiger partial charge in [-0.2, -0.15) is 0 Å². The summed E-state index contributed by atoms with van der Waals surface area (Å²) in [6.45, 7) is -0.319. The Bertz CT molecular complexity index is 1290. The van der Waals surface area contributed by atoms with Gasteiger partial charge in [0.15, 0.2) is 9.84 Å². The minimum Gasteiger partial charge on any atom is -0.326 e. The number of hydrogen-bond acceptors (Lipinski definition) is 6. The fourth-order valence-electron chi connectivity index (χ4n) is 3.28. The Morgan fingerprint density at radius 1 is 1.00 bits per heavy atom. The average molecular weight is 463 g/mol. The number of carbonyl (C=O) groups is 1. The molecule has 156 valence electrons. The Kier molecular flexibility index (Phi) is 5.49. The van der Waals surface area contributed by atoms with Crippen LogP contribution in [0.4, 0.5) is 5.69 Å². The highest BCUT2D eigenvalue weighted by Gasteiger charge is 2.32. The van der Waals surface area contributed by atoms with Crippen LogP contribution in [0.5, 0.6) is 0 Å². The summed E-state index contributed by atoms with van der Waals surface area (Å²) >= 11 is 1.09. The van der Waals surface area contributed by atoms with Gasteiger partial charge in [-0.25, -0.2) is 21.6 Å². The predicted octanol–water partition coefficient (Wildman–Crippen LogP) is 2.74. The molecule has 3 aromatic rings. The first-order valence-electron chi connectivity index (χ1n) is 9.02. The highest BCUT2D eigenvalue weighted by Crippen LogP contribution is 2.32. The Morgan fingerprint density at radius 2 is 1.77 bits per heavy atom. The van der Waals surface area contributed by atoms with Gasteiger partial charge in [-0.3, -0.25) is 4.79 Å². The van der Waals surface area contributed by atoms with Crippen LogP contribution in [0.25, 0.3) is 0 Å². The first-order chi connectivity index (χ1) is 14.3. The quantitative estimate of drug-likeness (QED) is 0.561. The zero-order chi connectivity index (χ0) is 21.4. The topological polar surface area (TPSA) is 109 Å². The second kappa shape index (κ2) is 7.95. The third-order valence-electron chi connectivity index (χ3n) is 4.79. The molecule has 1 aliphatic rings. The summed E-state index contributed by atoms with van der Waals surface area (Å²) in [7, 11) is -7.78. The average Bonchev–Trinajstić information content (AvgIpc) is 3.37. The Morgan fingerprint density at radius 3 is 2.47 bits per heavy atom. The van der Waals surface area contributed by atoms with Crippen molar-refractivity contribution in [3.63, 3.8) is 0 Å². The van der Waals surface area contributed by atoms with E-state index in [-0.39, 0.29) is 28.0 Å². The fraction of sp³-hybridized carbons (Fsp3) is 0.150. The molecule has 0 spiro atoms. The molecule has 7 nitrogen and oxygen atoms in total. The van der Waals surface area contributed by atoms with Gasteiger partial charge in [-0.1, -0.05) is 36.4 Å². The number of nitrogens with one attached hydrogen (secondary N) is 2. The molecule has 0 radical (unpaired) electrons. The lowest BCUT2D eigenvalue weighted by Crippen LogP contribution is -2.31.